The lowest BCUT2D eigenvalue weighted by molar-refractivity contribution is 0.0676. The van der Waals surface area contributed by atoms with Crippen molar-refractivity contribution >= 4 is 0 Å². The fourth-order valence-corrected chi connectivity index (χ4v) is 2.85. The molecule has 2 unspecified atom stereocenters. The van der Waals surface area contributed by atoms with Crippen molar-refractivity contribution in [2.75, 3.05) is 19.6 Å². The van der Waals surface area contributed by atoms with E-state index >= 15 is 0 Å². The summed E-state index contributed by atoms with van der Waals surface area (Å²) < 4.78 is 0. The molecule has 2 saturated heterocycles. The Balaban J connectivity index is 1.93. The molecule has 2 rings (SSSR count). The molecule has 0 bridgehead atoms. The van der Waals surface area contributed by atoms with Crippen LogP contribution >= 0.6 is 0 Å². The van der Waals surface area contributed by atoms with E-state index in [0.29, 0.717) is 12.3 Å². The zero-order valence-corrected chi connectivity index (χ0v) is 10.3. The van der Waals surface area contributed by atoms with Gasteiger partial charge in [0, 0.05) is 6.54 Å². The van der Waals surface area contributed by atoms with Gasteiger partial charge in [0.2, 0.25) is 0 Å². The average Bonchev–Trinajstić information content (AvgIpc) is 2.38. The minimum Gasteiger partial charge on any atom is -0.302 e. The number of hydrogen-bond donors (Lipinski definition) is 2. The van der Waals surface area contributed by atoms with Gasteiger partial charge in [-0.25, -0.2) is 0 Å². The second kappa shape index (κ2) is 6.38. The van der Waals surface area contributed by atoms with Crippen LogP contribution in [0.1, 0.15) is 38.5 Å². The van der Waals surface area contributed by atoms with Crippen molar-refractivity contribution in [3.8, 4) is 0 Å². The number of nitrogens with zero attached hydrogens (tertiary/aromatic N) is 1. The second-order valence-electron chi connectivity index (χ2n) is 4.92. The maximum Gasteiger partial charge on any atom is 0.0613 e. The predicted molar refractivity (Wildman–Crippen MR) is 68.2 cm³/mol. The Labute approximate surface area is 99.3 Å². The summed E-state index contributed by atoms with van der Waals surface area (Å²) in [6.07, 6.45) is 11.1. The Hall–Kier alpha value is -0.380. The highest BCUT2D eigenvalue weighted by atomic mass is 15.4. The van der Waals surface area contributed by atoms with E-state index in [1.807, 2.05) is 6.08 Å². The van der Waals surface area contributed by atoms with E-state index in [2.05, 4.69) is 22.1 Å². The molecule has 0 spiro atoms. The Morgan fingerprint density at radius 2 is 1.56 bits per heavy atom. The lowest BCUT2D eigenvalue weighted by Gasteiger charge is -2.41. The van der Waals surface area contributed by atoms with Crippen LogP contribution in [0.25, 0.3) is 0 Å². The Morgan fingerprint density at radius 3 is 1.94 bits per heavy atom. The number of piperidine rings is 2. The molecule has 2 aliphatic rings. The molecule has 2 fully saturated rings. The molecule has 2 N–H and O–H groups in total. The summed E-state index contributed by atoms with van der Waals surface area (Å²) in [6, 6.07) is 0. The van der Waals surface area contributed by atoms with Gasteiger partial charge in [0.05, 0.1) is 12.3 Å². The van der Waals surface area contributed by atoms with Crippen molar-refractivity contribution in [3.05, 3.63) is 12.7 Å². The summed E-state index contributed by atoms with van der Waals surface area (Å²) in [5.74, 6) is 0. The van der Waals surface area contributed by atoms with Gasteiger partial charge in [0.1, 0.15) is 0 Å². The molecule has 0 radical (unpaired) electrons. The molecule has 2 atom stereocenters. The molecule has 0 aromatic rings. The molecule has 3 heteroatoms. The number of hydrogen-bond acceptors (Lipinski definition) is 3. The van der Waals surface area contributed by atoms with Gasteiger partial charge < -0.3 is 10.6 Å². The zero-order chi connectivity index (χ0) is 11.2. The van der Waals surface area contributed by atoms with Crippen molar-refractivity contribution < 1.29 is 0 Å². The third-order valence-electron chi connectivity index (χ3n) is 3.71. The Bertz CT molecular complexity index is 187. The number of nitrogens with one attached hydrogen (secondary N) is 2. The molecule has 3 nitrogen and oxygen atoms in total. The average molecular weight is 223 g/mol. The lowest BCUT2D eigenvalue weighted by atomic mass is 10.1. The van der Waals surface area contributed by atoms with Crippen LogP contribution in [0.3, 0.4) is 0 Å². The molecule has 0 aliphatic carbocycles. The second-order valence-corrected chi connectivity index (χ2v) is 4.92. The first-order valence-corrected chi connectivity index (χ1v) is 6.75. The van der Waals surface area contributed by atoms with Gasteiger partial charge in [-0.3, -0.25) is 4.90 Å². The minimum atomic E-state index is 0.558. The highest BCUT2D eigenvalue weighted by Gasteiger charge is 2.27. The molecule has 0 saturated carbocycles. The minimum absolute atomic E-state index is 0.558. The van der Waals surface area contributed by atoms with Gasteiger partial charge in [-0.1, -0.05) is 6.08 Å². The van der Waals surface area contributed by atoms with E-state index in [1.54, 1.807) is 0 Å². The molecular formula is C13H25N3. The van der Waals surface area contributed by atoms with Crippen molar-refractivity contribution in [2.24, 2.45) is 0 Å². The Kier molecular flexibility index (Phi) is 4.82. The van der Waals surface area contributed by atoms with Crippen LogP contribution < -0.4 is 10.6 Å². The molecule has 0 amide bonds. The standard InChI is InChI=1S/C13H25N3/c1-2-11-16(12-7-3-5-9-14-12)13-8-4-6-10-15-13/h2,12-15H,1,3-11H2. The predicted octanol–water partition coefficient (Wildman–Crippen LogP) is 1.67. The molecule has 0 aromatic carbocycles. The fourth-order valence-electron chi connectivity index (χ4n) is 2.85. The largest absolute Gasteiger partial charge is 0.302 e. The van der Waals surface area contributed by atoms with Gasteiger partial charge in [-0.2, -0.15) is 0 Å². The fraction of sp³-hybridized carbons (Fsp3) is 0.846. The summed E-state index contributed by atoms with van der Waals surface area (Å²) in [5, 5.41) is 7.28. The van der Waals surface area contributed by atoms with Crippen LogP contribution in [0.5, 0.6) is 0 Å². The maximum atomic E-state index is 3.89. The van der Waals surface area contributed by atoms with E-state index in [9.17, 15) is 0 Å². The number of rotatable bonds is 4. The summed E-state index contributed by atoms with van der Waals surface area (Å²) >= 11 is 0. The van der Waals surface area contributed by atoms with E-state index in [0.717, 1.165) is 6.54 Å². The van der Waals surface area contributed by atoms with Gasteiger partial charge in [0.25, 0.3) is 0 Å². The van der Waals surface area contributed by atoms with Gasteiger partial charge in [-0.05, 0) is 51.6 Å². The first-order valence-electron chi connectivity index (χ1n) is 6.75. The lowest BCUT2D eigenvalue weighted by Crippen LogP contribution is -2.58. The highest BCUT2D eigenvalue weighted by molar-refractivity contribution is 4.85. The molecule has 0 aromatic heterocycles. The van der Waals surface area contributed by atoms with Crippen LogP contribution in [0.4, 0.5) is 0 Å². The molecule has 2 heterocycles. The first kappa shape index (κ1) is 12.1. The molecule has 16 heavy (non-hydrogen) atoms. The van der Waals surface area contributed by atoms with E-state index in [1.165, 1.54) is 51.6 Å². The zero-order valence-electron chi connectivity index (χ0n) is 10.3. The highest BCUT2D eigenvalue weighted by Crippen LogP contribution is 2.18. The third-order valence-corrected chi connectivity index (χ3v) is 3.71. The summed E-state index contributed by atoms with van der Waals surface area (Å²) in [5.41, 5.74) is 0. The normalized spacial score (nSPS) is 31.6. The summed E-state index contributed by atoms with van der Waals surface area (Å²) in [6.45, 7) is 7.23. The monoisotopic (exact) mass is 223 g/mol. The van der Waals surface area contributed by atoms with Gasteiger partial charge >= 0.3 is 0 Å². The molecular weight excluding hydrogens is 198 g/mol. The van der Waals surface area contributed by atoms with E-state index in [4.69, 9.17) is 0 Å². The van der Waals surface area contributed by atoms with Crippen molar-refractivity contribution in [2.45, 2.75) is 50.9 Å². The van der Waals surface area contributed by atoms with Crippen molar-refractivity contribution in [3.63, 3.8) is 0 Å². The van der Waals surface area contributed by atoms with Gasteiger partial charge in [0.15, 0.2) is 0 Å². The van der Waals surface area contributed by atoms with Gasteiger partial charge in [-0.15, -0.1) is 6.58 Å². The van der Waals surface area contributed by atoms with Crippen LogP contribution in [-0.2, 0) is 0 Å². The first-order chi connectivity index (χ1) is 7.92. The maximum absolute atomic E-state index is 3.89. The molecule has 92 valence electrons. The summed E-state index contributed by atoms with van der Waals surface area (Å²) in [7, 11) is 0. The van der Waals surface area contributed by atoms with Crippen molar-refractivity contribution in [1.29, 1.82) is 0 Å². The quantitative estimate of drug-likeness (QED) is 0.710. The van der Waals surface area contributed by atoms with E-state index < -0.39 is 0 Å². The smallest absolute Gasteiger partial charge is 0.0613 e. The SMILES string of the molecule is C=CCN(C1CCCCN1)C1CCCCN1. The van der Waals surface area contributed by atoms with Crippen LogP contribution in [0, 0.1) is 0 Å². The molecule has 2 aliphatic heterocycles. The Morgan fingerprint density at radius 1 is 1.00 bits per heavy atom. The van der Waals surface area contributed by atoms with E-state index in [-0.39, 0.29) is 0 Å². The van der Waals surface area contributed by atoms with Crippen LogP contribution in [0.15, 0.2) is 12.7 Å². The summed E-state index contributed by atoms with van der Waals surface area (Å²) in [4.78, 5) is 2.56. The van der Waals surface area contributed by atoms with Crippen molar-refractivity contribution in [1.82, 2.24) is 15.5 Å². The topological polar surface area (TPSA) is 27.3 Å². The van der Waals surface area contributed by atoms with Crippen LogP contribution in [-0.4, -0.2) is 36.9 Å². The third kappa shape index (κ3) is 3.06. The van der Waals surface area contributed by atoms with Crippen LogP contribution in [0.2, 0.25) is 0 Å².